The molecule has 0 aliphatic carbocycles. The zero-order valence-corrected chi connectivity index (χ0v) is 27.1. The Morgan fingerprint density at radius 2 is 1.66 bits per heavy atom. The molecule has 1 atom stereocenters. The SMILES string of the molecule is C[C@@H](NC(=O)c1cncc(N2CC[Si](C)(C)CC2)c1)c1ccc(-c2cc(C(F)(F)F)ccc2CNC(=O)OC(C)(C)C)cc1. The van der Waals surface area contributed by atoms with E-state index in [0.29, 0.717) is 22.3 Å². The van der Waals surface area contributed by atoms with E-state index < -0.39 is 31.5 Å². The van der Waals surface area contributed by atoms with Crippen molar-refractivity contribution in [2.45, 2.75) is 77.2 Å². The highest BCUT2D eigenvalue weighted by molar-refractivity contribution is 6.77. The highest BCUT2D eigenvalue weighted by Crippen LogP contribution is 2.35. The Balaban J connectivity index is 1.48. The van der Waals surface area contributed by atoms with Gasteiger partial charge in [0.2, 0.25) is 0 Å². The number of nitrogens with one attached hydrogen (secondary N) is 2. The molecule has 11 heteroatoms. The van der Waals surface area contributed by atoms with Crippen LogP contribution in [0.3, 0.4) is 0 Å². The van der Waals surface area contributed by atoms with Gasteiger partial charge in [-0.25, -0.2) is 4.79 Å². The van der Waals surface area contributed by atoms with Crippen LogP contribution in [0.4, 0.5) is 23.7 Å². The summed E-state index contributed by atoms with van der Waals surface area (Å²) < 4.78 is 46.0. The Hall–Kier alpha value is -3.86. The molecule has 0 saturated carbocycles. The number of carbonyl (C=O) groups is 2. The summed E-state index contributed by atoms with van der Waals surface area (Å²) in [4.78, 5) is 31.9. The van der Waals surface area contributed by atoms with Gasteiger partial charge in [0.15, 0.2) is 0 Å². The van der Waals surface area contributed by atoms with Crippen molar-refractivity contribution in [3.05, 3.63) is 83.2 Å². The van der Waals surface area contributed by atoms with Crippen LogP contribution >= 0.6 is 0 Å². The number of rotatable bonds is 7. The molecule has 1 aromatic heterocycles. The fourth-order valence-corrected chi connectivity index (χ4v) is 7.07. The predicted octanol–water partition coefficient (Wildman–Crippen LogP) is 7.81. The van der Waals surface area contributed by atoms with E-state index in [9.17, 15) is 22.8 Å². The number of anilines is 1. The number of halogens is 3. The second kappa shape index (κ2) is 13.0. The topological polar surface area (TPSA) is 83.6 Å². The second-order valence-electron chi connectivity index (χ2n) is 13.1. The van der Waals surface area contributed by atoms with Crippen LogP contribution in [0.25, 0.3) is 11.1 Å². The molecule has 0 bridgehead atoms. The van der Waals surface area contributed by atoms with Crippen LogP contribution in [0.1, 0.15) is 60.8 Å². The summed E-state index contributed by atoms with van der Waals surface area (Å²) in [6.07, 6.45) is -1.84. The van der Waals surface area contributed by atoms with Gasteiger partial charge < -0.3 is 20.3 Å². The lowest BCUT2D eigenvalue weighted by Crippen LogP contribution is -2.42. The third-order valence-corrected chi connectivity index (χ3v) is 11.0. The lowest BCUT2D eigenvalue weighted by atomic mass is 9.95. The van der Waals surface area contributed by atoms with Gasteiger partial charge in [0.25, 0.3) is 5.91 Å². The van der Waals surface area contributed by atoms with Crippen molar-refractivity contribution >= 4 is 25.8 Å². The number of nitrogens with zero attached hydrogens (tertiary/aromatic N) is 2. The maximum Gasteiger partial charge on any atom is 0.416 e. The molecule has 0 unspecified atom stereocenters. The lowest BCUT2D eigenvalue weighted by molar-refractivity contribution is -0.137. The van der Waals surface area contributed by atoms with E-state index in [0.717, 1.165) is 36.5 Å². The fourth-order valence-electron chi connectivity index (χ4n) is 5.07. The first kappa shape index (κ1) is 33.0. The molecule has 44 heavy (non-hydrogen) atoms. The van der Waals surface area contributed by atoms with Gasteiger partial charge in [-0.3, -0.25) is 9.78 Å². The summed E-state index contributed by atoms with van der Waals surface area (Å²) in [6, 6.07) is 14.4. The number of carbonyl (C=O) groups excluding carboxylic acids is 2. The molecule has 1 aliphatic heterocycles. The van der Waals surface area contributed by atoms with Crippen LogP contribution in [-0.2, 0) is 17.5 Å². The molecule has 2 N–H and O–H groups in total. The minimum Gasteiger partial charge on any atom is -0.444 e. The molecule has 3 aromatic rings. The second-order valence-corrected chi connectivity index (χ2v) is 18.5. The number of alkyl carbamates (subject to hydrolysis) is 1. The van der Waals surface area contributed by atoms with Crippen molar-refractivity contribution in [3.63, 3.8) is 0 Å². The summed E-state index contributed by atoms with van der Waals surface area (Å²) in [5, 5.41) is 5.63. The van der Waals surface area contributed by atoms with E-state index in [1.54, 1.807) is 57.4 Å². The van der Waals surface area contributed by atoms with Crippen molar-refractivity contribution in [2.75, 3.05) is 18.0 Å². The third kappa shape index (κ3) is 8.84. The highest BCUT2D eigenvalue weighted by atomic mass is 28.3. The van der Waals surface area contributed by atoms with Crippen molar-refractivity contribution in [1.29, 1.82) is 0 Å². The summed E-state index contributed by atoms with van der Waals surface area (Å²) in [5.41, 5.74) is 2.09. The van der Waals surface area contributed by atoms with Gasteiger partial charge in [-0.05, 0) is 80.2 Å². The smallest absolute Gasteiger partial charge is 0.416 e. The van der Waals surface area contributed by atoms with E-state index in [1.165, 1.54) is 18.2 Å². The zero-order chi connectivity index (χ0) is 32.3. The molecular formula is C33H41F3N4O3Si. The number of benzene rings is 2. The van der Waals surface area contributed by atoms with Crippen LogP contribution in [0.2, 0.25) is 25.2 Å². The van der Waals surface area contributed by atoms with Crippen LogP contribution in [-0.4, -0.2) is 43.7 Å². The Labute approximate surface area is 258 Å². The van der Waals surface area contributed by atoms with Gasteiger partial charge in [0, 0.05) is 25.8 Å². The molecular weight excluding hydrogens is 585 g/mol. The van der Waals surface area contributed by atoms with Crippen molar-refractivity contribution in [3.8, 4) is 11.1 Å². The normalized spacial score (nSPS) is 15.8. The Bertz CT molecular complexity index is 1480. The zero-order valence-electron chi connectivity index (χ0n) is 26.1. The van der Waals surface area contributed by atoms with Crippen LogP contribution in [0.15, 0.2) is 60.9 Å². The quantitative estimate of drug-likeness (QED) is 0.262. The summed E-state index contributed by atoms with van der Waals surface area (Å²) >= 11 is 0. The molecule has 4 rings (SSSR count). The molecule has 1 aliphatic rings. The van der Waals surface area contributed by atoms with Gasteiger partial charge in [-0.2, -0.15) is 13.2 Å². The average molecular weight is 627 g/mol. The van der Waals surface area contributed by atoms with Gasteiger partial charge in [-0.1, -0.05) is 43.4 Å². The Kier molecular flexibility index (Phi) is 9.77. The number of hydrogen-bond acceptors (Lipinski definition) is 5. The maximum absolute atomic E-state index is 13.6. The predicted molar refractivity (Wildman–Crippen MR) is 169 cm³/mol. The van der Waals surface area contributed by atoms with E-state index >= 15 is 0 Å². The van der Waals surface area contributed by atoms with Gasteiger partial charge in [0.05, 0.1) is 37.1 Å². The third-order valence-electron chi connectivity index (χ3n) is 7.80. The highest BCUT2D eigenvalue weighted by Gasteiger charge is 2.31. The van der Waals surface area contributed by atoms with Gasteiger partial charge in [-0.15, -0.1) is 0 Å². The molecule has 0 spiro atoms. The van der Waals surface area contributed by atoms with E-state index in [4.69, 9.17) is 4.74 Å². The maximum atomic E-state index is 13.6. The standard InChI is InChI=1S/C33H41F3N4O3Si/c1-22(39-30(41)26-17-28(21-37-19-26)40-13-15-44(5,6)16-14-40)23-7-9-24(10-8-23)29-18-27(33(34,35)36)12-11-25(29)20-38-31(42)43-32(2,3)4/h7-12,17-19,21-22H,13-16,20H2,1-6H3,(H,38,42)(H,39,41)/t22-/m1/s1. The van der Waals surface area contributed by atoms with Gasteiger partial charge >= 0.3 is 12.3 Å². The van der Waals surface area contributed by atoms with E-state index in [2.05, 4.69) is 33.6 Å². The molecule has 1 fully saturated rings. The molecule has 2 heterocycles. The number of alkyl halides is 3. The van der Waals surface area contributed by atoms with E-state index in [-0.39, 0.29) is 18.5 Å². The average Bonchev–Trinajstić information content (AvgIpc) is 2.94. The van der Waals surface area contributed by atoms with Crippen molar-refractivity contribution in [2.24, 2.45) is 0 Å². The summed E-state index contributed by atoms with van der Waals surface area (Å²) in [5.74, 6) is -0.254. The fraction of sp³-hybridized carbons (Fsp3) is 0.424. The minimum absolute atomic E-state index is 0.0131. The minimum atomic E-state index is -4.52. The molecule has 236 valence electrons. The molecule has 2 aromatic carbocycles. The van der Waals surface area contributed by atoms with Crippen molar-refractivity contribution in [1.82, 2.24) is 15.6 Å². The Morgan fingerprint density at radius 1 is 1.00 bits per heavy atom. The summed E-state index contributed by atoms with van der Waals surface area (Å²) in [6.45, 7) is 13.8. The van der Waals surface area contributed by atoms with Gasteiger partial charge in [0.1, 0.15) is 5.60 Å². The Morgan fingerprint density at radius 3 is 2.27 bits per heavy atom. The monoisotopic (exact) mass is 626 g/mol. The molecule has 2 amide bonds. The first-order valence-electron chi connectivity index (χ1n) is 14.8. The first-order valence-corrected chi connectivity index (χ1v) is 18.2. The van der Waals surface area contributed by atoms with Crippen molar-refractivity contribution < 1.29 is 27.5 Å². The van der Waals surface area contributed by atoms with E-state index in [1.807, 2.05) is 13.0 Å². The number of hydrogen-bond donors (Lipinski definition) is 2. The van der Waals surface area contributed by atoms with Crippen LogP contribution in [0, 0.1) is 0 Å². The first-order chi connectivity index (χ1) is 20.5. The largest absolute Gasteiger partial charge is 0.444 e. The molecule has 1 saturated heterocycles. The number of pyridine rings is 1. The summed E-state index contributed by atoms with van der Waals surface area (Å²) in [7, 11) is -1.13. The number of ether oxygens (including phenoxy) is 1. The van der Waals surface area contributed by atoms with Crippen LogP contribution < -0.4 is 15.5 Å². The molecule has 0 radical (unpaired) electrons. The van der Waals surface area contributed by atoms with Crippen LogP contribution in [0.5, 0.6) is 0 Å². The number of aromatic nitrogens is 1. The number of amides is 2. The lowest BCUT2D eigenvalue weighted by Gasteiger charge is -2.37. The molecule has 7 nitrogen and oxygen atoms in total.